The van der Waals surface area contributed by atoms with Crippen LogP contribution in [0.4, 0.5) is 0 Å². The normalized spacial score (nSPS) is 28.2. The van der Waals surface area contributed by atoms with Gasteiger partial charge >= 0.3 is 5.97 Å². The number of esters is 1. The lowest BCUT2D eigenvalue weighted by Crippen LogP contribution is -2.71. The predicted octanol–water partition coefficient (Wildman–Crippen LogP) is 3.78. The van der Waals surface area contributed by atoms with E-state index in [0.29, 0.717) is 4.99 Å². The maximum Gasteiger partial charge on any atom is 0.330 e. The van der Waals surface area contributed by atoms with Crippen LogP contribution in [-0.4, -0.2) is 83.5 Å². The molecule has 0 aliphatic carbocycles. The third-order valence-electron chi connectivity index (χ3n) is 6.85. The van der Waals surface area contributed by atoms with Crippen molar-refractivity contribution in [2.75, 3.05) is 19.7 Å². The van der Waals surface area contributed by atoms with Gasteiger partial charge in [0, 0.05) is 13.1 Å². The molecule has 1 aromatic rings. The molecule has 3 saturated heterocycles. The van der Waals surface area contributed by atoms with Crippen LogP contribution in [-0.2, 0) is 25.5 Å². The maximum absolute atomic E-state index is 13.3. The smallest absolute Gasteiger partial charge is 0.330 e. The molecule has 0 bridgehead atoms. The number of hydrogen-bond donors (Lipinski definition) is 2. The number of thiocarbonyl (C=S) groups is 1. The zero-order valence-corrected chi connectivity index (χ0v) is 24.9. The Bertz CT molecular complexity index is 1050. The standard InChI is InChI=1S/C24H28Cl3N3O4S3/c1-23(18(35)20(36)29-10-6-3-7-11-29)17(22(33)34-13-24(25,26)27)30-19(32)16(21(30)37-23)28-15(31)12-14-8-4-2-5-9-14/h2,4-5,8-9,16-18,21,35H,3,6-7,10-13H2,1H3,(H,28,31). The number of carbonyl (C=O) groups is 3. The number of alkyl halides is 3. The van der Waals surface area contributed by atoms with Gasteiger partial charge in [0.25, 0.3) is 0 Å². The Hall–Kier alpha value is -0.910. The van der Waals surface area contributed by atoms with Crippen molar-refractivity contribution < 1.29 is 19.1 Å². The van der Waals surface area contributed by atoms with Crippen LogP contribution in [0.3, 0.4) is 0 Å². The number of fused-ring (bicyclic) bond motifs is 1. The predicted molar refractivity (Wildman–Crippen MR) is 155 cm³/mol. The molecule has 1 aromatic carbocycles. The number of nitrogens with one attached hydrogen (secondary N) is 1. The monoisotopic (exact) mass is 623 g/mol. The van der Waals surface area contributed by atoms with Crippen molar-refractivity contribution in [1.29, 1.82) is 0 Å². The SMILES string of the molecule is CC1(C(S)C(=S)N2CCCCC2)SC2C(NC(=O)Cc3ccccc3)C(=O)N2C1C(=O)OCC(Cl)(Cl)Cl. The first-order valence-electron chi connectivity index (χ1n) is 12.0. The summed E-state index contributed by atoms with van der Waals surface area (Å²) in [4.78, 5) is 43.5. The molecule has 3 aliphatic heterocycles. The third kappa shape index (κ3) is 6.30. The molecule has 0 spiro atoms. The number of nitrogens with zero attached hydrogens (tertiary/aromatic N) is 2. The highest BCUT2D eigenvalue weighted by atomic mass is 35.6. The molecule has 202 valence electrons. The molecule has 4 rings (SSSR count). The number of thioether (sulfide) groups is 1. The number of piperidine rings is 1. The van der Waals surface area contributed by atoms with Crippen molar-refractivity contribution in [2.24, 2.45) is 0 Å². The topological polar surface area (TPSA) is 79.0 Å². The average Bonchev–Trinajstić information content (AvgIpc) is 3.16. The summed E-state index contributed by atoms with van der Waals surface area (Å²) in [6, 6.07) is 7.46. The zero-order chi connectivity index (χ0) is 27.0. The van der Waals surface area contributed by atoms with E-state index in [0.717, 1.165) is 37.9 Å². The number of ether oxygens (including phenoxy) is 1. The molecule has 2 amide bonds. The summed E-state index contributed by atoms with van der Waals surface area (Å²) in [6.45, 7) is 3.03. The summed E-state index contributed by atoms with van der Waals surface area (Å²) in [7, 11) is 0. The fourth-order valence-electron chi connectivity index (χ4n) is 4.95. The van der Waals surface area contributed by atoms with Gasteiger partial charge in [-0.05, 0) is 31.7 Å². The van der Waals surface area contributed by atoms with Crippen molar-refractivity contribution in [2.45, 2.75) is 63.9 Å². The number of β-lactam (4-membered cyclic amide) rings is 1. The van der Waals surface area contributed by atoms with E-state index in [1.165, 1.54) is 16.7 Å². The Morgan fingerprint density at radius 2 is 1.89 bits per heavy atom. The Morgan fingerprint density at radius 3 is 2.51 bits per heavy atom. The lowest BCUT2D eigenvalue weighted by atomic mass is 9.91. The van der Waals surface area contributed by atoms with Crippen LogP contribution in [0.5, 0.6) is 0 Å². The summed E-state index contributed by atoms with van der Waals surface area (Å²) in [5.74, 6) is -1.35. The Balaban J connectivity index is 1.54. The number of amides is 2. The molecule has 0 saturated carbocycles. The number of rotatable bonds is 7. The number of carbonyl (C=O) groups excluding carboxylic acids is 3. The fourth-order valence-corrected chi connectivity index (χ4v) is 7.86. The lowest BCUT2D eigenvalue weighted by molar-refractivity contribution is -0.164. The number of benzene rings is 1. The summed E-state index contributed by atoms with van der Waals surface area (Å²) < 4.78 is 2.60. The molecule has 37 heavy (non-hydrogen) atoms. The largest absolute Gasteiger partial charge is 0.460 e. The molecule has 1 N–H and O–H groups in total. The van der Waals surface area contributed by atoms with Crippen LogP contribution in [0.15, 0.2) is 30.3 Å². The van der Waals surface area contributed by atoms with Gasteiger partial charge in [0.1, 0.15) is 24.1 Å². The molecule has 7 nitrogen and oxygen atoms in total. The van der Waals surface area contributed by atoms with Crippen molar-refractivity contribution >= 4 is 94.2 Å². The van der Waals surface area contributed by atoms with Gasteiger partial charge in [-0.3, -0.25) is 9.59 Å². The minimum atomic E-state index is -1.80. The van der Waals surface area contributed by atoms with Gasteiger partial charge in [-0.25, -0.2) is 4.79 Å². The first-order chi connectivity index (χ1) is 17.4. The molecule has 5 atom stereocenters. The van der Waals surface area contributed by atoms with Gasteiger partial charge in [-0.15, -0.1) is 11.8 Å². The van der Waals surface area contributed by atoms with E-state index >= 15 is 0 Å². The van der Waals surface area contributed by atoms with E-state index < -0.39 is 43.8 Å². The molecular weight excluding hydrogens is 597 g/mol. The van der Waals surface area contributed by atoms with E-state index in [9.17, 15) is 14.4 Å². The van der Waals surface area contributed by atoms with E-state index in [4.69, 9.17) is 64.4 Å². The van der Waals surface area contributed by atoms with Gasteiger partial charge in [0.05, 0.1) is 21.4 Å². The second-order valence-corrected chi connectivity index (χ2v) is 14.6. The number of likely N-dealkylation sites (tertiary alicyclic amines) is 1. The van der Waals surface area contributed by atoms with Crippen LogP contribution in [0.25, 0.3) is 0 Å². The van der Waals surface area contributed by atoms with Crippen molar-refractivity contribution in [3.63, 3.8) is 0 Å². The van der Waals surface area contributed by atoms with Gasteiger partial charge in [0.15, 0.2) is 0 Å². The Morgan fingerprint density at radius 1 is 1.24 bits per heavy atom. The molecule has 13 heteroatoms. The highest BCUT2D eigenvalue weighted by molar-refractivity contribution is 8.02. The summed E-state index contributed by atoms with van der Waals surface area (Å²) in [5.41, 5.74) is 0.836. The van der Waals surface area contributed by atoms with Crippen molar-refractivity contribution in [3.8, 4) is 0 Å². The van der Waals surface area contributed by atoms with Gasteiger partial charge in [0.2, 0.25) is 15.6 Å². The minimum Gasteiger partial charge on any atom is -0.460 e. The zero-order valence-electron chi connectivity index (χ0n) is 20.1. The molecular formula is C24H28Cl3N3O4S3. The van der Waals surface area contributed by atoms with Crippen LogP contribution >= 0.6 is 71.4 Å². The fraction of sp³-hybridized carbons (Fsp3) is 0.583. The van der Waals surface area contributed by atoms with E-state index in [1.54, 1.807) is 0 Å². The molecule has 3 heterocycles. The summed E-state index contributed by atoms with van der Waals surface area (Å²) in [6.07, 6.45) is 3.34. The van der Waals surface area contributed by atoms with Crippen LogP contribution in [0, 0.1) is 0 Å². The minimum absolute atomic E-state index is 0.141. The van der Waals surface area contributed by atoms with Crippen LogP contribution in [0.1, 0.15) is 31.7 Å². The van der Waals surface area contributed by atoms with Crippen molar-refractivity contribution in [3.05, 3.63) is 35.9 Å². The summed E-state index contributed by atoms with van der Waals surface area (Å²) in [5, 5.41) is 1.81. The highest BCUT2D eigenvalue weighted by Crippen LogP contribution is 2.54. The molecule has 0 radical (unpaired) electrons. The Kier molecular flexibility index (Phi) is 9.18. The van der Waals surface area contributed by atoms with Crippen LogP contribution in [0.2, 0.25) is 0 Å². The first kappa shape index (κ1) is 29.1. The first-order valence-corrected chi connectivity index (χ1v) is 14.9. The van der Waals surface area contributed by atoms with E-state index in [-0.39, 0.29) is 18.2 Å². The van der Waals surface area contributed by atoms with Crippen molar-refractivity contribution in [1.82, 2.24) is 15.1 Å². The molecule has 3 fully saturated rings. The van der Waals surface area contributed by atoms with Gasteiger partial charge < -0.3 is 19.9 Å². The number of hydrogen-bond acceptors (Lipinski definition) is 7. The molecule has 5 unspecified atom stereocenters. The second kappa shape index (κ2) is 11.7. The van der Waals surface area contributed by atoms with Gasteiger partial charge in [-0.1, -0.05) is 77.4 Å². The maximum atomic E-state index is 13.3. The third-order valence-corrected chi connectivity index (χ3v) is 10.5. The Labute approximate surface area is 246 Å². The quantitative estimate of drug-likeness (QED) is 0.157. The second-order valence-electron chi connectivity index (χ2n) is 9.56. The van der Waals surface area contributed by atoms with E-state index in [2.05, 4.69) is 10.2 Å². The summed E-state index contributed by atoms with van der Waals surface area (Å²) >= 11 is 29.5. The van der Waals surface area contributed by atoms with E-state index in [1.807, 2.05) is 37.3 Å². The molecule has 3 aliphatic rings. The molecule has 0 aromatic heterocycles. The average molecular weight is 625 g/mol. The van der Waals surface area contributed by atoms with Gasteiger partial charge in [-0.2, -0.15) is 12.6 Å². The lowest BCUT2D eigenvalue weighted by Gasteiger charge is -2.44. The van der Waals surface area contributed by atoms with Crippen LogP contribution < -0.4 is 5.32 Å². The number of halogens is 3. The highest BCUT2D eigenvalue weighted by Gasteiger charge is 2.68. The number of thiol groups is 1.